The van der Waals surface area contributed by atoms with Gasteiger partial charge in [0.2, 0.25) is 5.88 Å². The fraction of sp³-hybridized carbons (Fsp3) is 0.214. The Hall–Kier alpha value is -2.57. The average Bonchev–Trinajstić information content (AvgIpc) is 2.78. The molecule has 1 aliphatic heterocycles. The number of fused-ring (bicyclic) bond motifs is 1. The smallest absolute Gasteiger partial charge is 0.481 e. The van der Waals surface area contributed by atoms with Crippen LogP contribution in [0.3, 0.4) is 0 Å². The van der Waals surface area contributed by atoms with Crippen LogP contribution >= 0.6 is 0 Å². The Morgan fingerprint density at radius 2 is 2.00 bits per heavy atom. The van der Waals surface area contributed by atoms with Crippen molar-refractivity contribution >= 4 is 5.69 Å². The monoisotopic (exact) mass is 294 g/mol. The van der Waals surface area contributed by atoms with Gasteiger partial charge in [-0.05, 0) is 17.7 Å². The Balaban J connectivity index is 1.66. The second-order valence-electron chi connectivity index (χ2n) is 4.39. The lowest BCUT2D eigenvalue weighted by molar-refractivity contribution is -0.286. The van der Waals surface area contributed by atoms with Crippen molar-refractivity contribution in [2.45, 2.75) is 12.8 Å². The van der Waals surface area contributed by atoms with E-state index in [1.54, 1.807) is 25.4 Å². The number of anilines is 1. The third-order valence-electron chi connectivity index (χ3n) is 2.90. The largest absolute Gasteiger partial charge is 0.586 e. The molecule has 0 bridgehead atoms. The Kier molecular flexibility index (Phi) is 3.25. The van der Waals surface area contributed by atoms with E-state index in [4.69, 9.17) is 4.74 Å². The minimum Gasteiger partial charge on any atom is -0.481 e. The van der Waals surface area contributed by atoms with Crippen LogP contribution in [0.4, 0.5) is 14.5 Å². The number of benzene rings is 1. The van der Waals surface area contributed by atoms with Crippen LogP contribution in [0.2, 0.25) is 0 Å². The highest BCUT2D eigenvalue weighted by atomic mass is 19.3. The molecule has 0 radical (unpaired) electrons. The maximum atomic E-state index is 12.9. The number of aromatic nitrogens is 1. The van der Waals surface area contributed by atoms with Crippen molar-refractivity contribution in [3.05, 3.63) is 42.1 Å². The van der Waals surface area contributed by atoms with Gasteiger partial charge in [-0.15, -0.1) is 8.78 Å². The summed E-state index contributed by atoms with van der Waals surface area (Å²) in [6.07, 6.45) is -1.92. The lowest BCUT2D eigenvalue weighted by Gasteiger charge is -2.07. The van der Waals surface area contributed by atoms with Gasteiger partial charge in [-0.3, -0.25) is 0 Å². The molecule has 0 atom stereocenters. The molecular weight excluding hydrogens is 282 g/mol. The first-order chi connectivity index (χ1) is 10.1. The van der Waals surface area contributed by atoms with E-state index in [1.807, 2.05) is 6.07 Å². The second-order valence-corrected chi connectivity index (χ2v) is 4.39. The number of hydrogen-bond acceptors (Lipinski definition) is 5. The van der Waals surface area contributed by atoms with Gasteiger partial charge in [0.1, 0.15) is 0 Å². The molecule has 0 aliphatic carbocycles. The van der Waals surface area contributed by atoms with E-state index in [0.29, 0.717) is 18.1 Å². The SMILES string of the molecule is COc1ccc(CNc2ccc3c(c2)OC(F)(F)O3)cn1. The fourth-order valence-corrected chi connectivity index (χ4v) is 1.90. The van der Waals surface area contributed by atoms with Crippen molar-refractivity contribution in [3.8, 4) is 17.4 Å². The molecule has 110 valence electrons. The first-order valence-corrected chi connectivity index (χ1v) is 6.18. The molecule has 7 heteroatoms. The maximum Gasteiger partial charge on any atom is 0.586 e. The average molecular weight is 294 g/mol. The highest BCUT2D eigenvalue weighted by Crippen LogP contribution is 2.42. The summed E-state index contributed by atoms with van der Waals surface area (Å²) in [5, 5.41) is 3.09. The fourth-order valence-electron chi connectivity index (χ4n) is 1.90. The van der Waals surface area contributed by atoms with Gasteiger partial charge in [-0.1, -0.05) is 6.07 Å². The van der Waals surface area contributed by atoms with Crippen molar-refractivity contribution in [2.24, 2.45) is 0 Å². The van der Waals surface area contributed by atoms with Crippen molar-refractivity contribution in [3.63, 3.8) is 0 Å². The molecule has 2 aromatic rings. The molecule has 0 fully saturated rings. The standard InChI is InChI=1S/C14H12F2N2O3/c1-19-13-5-2-9(8-18-13)7-17-10-3-4-11-12(6-10)21-14(15,16)20-11/h2-6,8,17H,7H2,1H3. The van der Waals surface area contributed by atoms with E-state index in [2.05, 4.69) is 19.8 Å². The predicted molar refractivity (Wildman–Crippen MR) is 70.8 cm³/mol. The predicted octanol–water partition coefficient (Wildman–Crippen LogP) is 3.02. The zero-order valence-electron chi connectivity index (χ0n) is 11.1. The summed E-state index contributed by atoms with van der Waals surface area (Å²) in [6, 6.07) is 8.15. The van der Waals surface area contributed by atoms with Crippen molar-refractivity contribution in [1.29, 1.82) is 0 Å². The van der Waals surface area contributed by atoms with E-state index in [-0.39, 0.29) is 11.5 Å². The number of hydrogen-bond donors (Lipinski definition) is 1. The topological polar surface area (TPSA) is 52.6 Å². The van der Waals surface area contributed by atoms with Crippen LogP contribution in [0.1, 0.15) is 5.56 Å². The minimum atomic E-state index is -3.60. The van der Waals surface area contributed by atoms with Gasteiger partial charge >= 0.3 is 6.29 Å². The summed E-state index contributed by atoms with van der Waals surface area (Å²) in [6.45, 7) is 0.493. The van der Waals surface area contributed by atoms with Gasteiger partial charge < -0.3 is 19.5 Å². The molecule has 0 saturated carbocycles. The van der Waals surface area contributed by atoms with Crippen LogP contribution in [-0.2, 0) is 6.54 Å². The molecule has 1 aliphatic rings. The molecule has 5 nitrogen and oxygen atoms in total. The Labute approximate surface area is 119 Å². The number of nitrogens with one attached hydrogen (secondary N) is 1. The van der Waals surface area contributed by atoms with Crippen LogP contribution in [0.25, 0.3) is 0 Å². The minimum absolute atomic E-state index is 0.0119. The highest BCUT2D eigenvalue weighted by Gasteiger charge is 2.43. The van der Waals surface area contributed by atoms with Crippen molar-refractivity contribution in [1.82, 2.24) is 4.98 Å². The van der Waals surface area contributed by atoms with Crippen molar-refractivity contribution in [2.75, 3.05) is 12.4 Å². The van der Waals surface area contributed by atoms with Crippen LogP contribution in [0.15, 0.2) is 36.5 Å². The van der Waals surface area contributed by atoms with Crippen LogP contribution in [-0.4, -0.2) is 18.4 Å². The summed E-state index contributed by atoms with van der Waals surface area (Å²) in [5.41, 5.74) is 1.57. The third kappa shape index (κ3) is 2.96. The van der Waals surface area contributed by atoms with E-state index in [1.165, 1.54) is 12.1 Å². The van der Waals surface area contributed by atoms with Gasteiger partial charge in [0.15, 0.2) is 11.5 Å². The second kappa shape index (κ2) is 5.08. The number of rotatable bonds is 4. The molecule has 0 saturated heterocycles. The zero-order valence-corrected chi connectivity index (χ0v) is 11.1. The summed E-state index contributed by atoms with van der Waals surface area (Å²) in [5.74, 6) is 0.568. The maximum absolute atomic E-state index is 12.9. The third-order valence-corrected chi connectivity index (χ3v) is 2.90. The van der Waals surface area contributed by atoms with Crippen LogP contribution in [0.5, 0.6) is 17.4 Å². The summed E-state index contributed by atoms with van der Waals surface area (Å²) in [7, 11) is 1.54. The van der Waals surface area contributed by atoms with Crippen LogP contribution in [0, 0.1) is 0 Å². The Morgan fingerprint density at radius 3 is 2.71 bits per heavy atom. The molecule has 21 heavy (non-hydrogen) atoms. The number of halogens is 2. The van der Waals surface area contributed by atoms with Gasteiger partial charge in [0, 0.05) is 30.6 Å². The highest BCUT2D eigenvalue weighted by molar-refractivity contribution is 5.56. The van der Waals surface area contributed by atoms with Gasteiger partial charge in [0.05, 0.1) is 7.11 Å². The number of alkyl halides is 2. The summed E-state index contributed by atoms with van der Waals surface area (Å²) < 4.78 is 39.5. The van der Waals surface area contributed by atoms with E-state index in [0.717, 1.165) is 5.56 Å². The first-order valence-electron chi connectivity index (χ1n) is 6.18. The molecule has 1 aromatic carbocycles. The molecule has 0 spiro atoms. The van der Waals surface area contributed by atoms with E-state index >= 15 is 0 Å². The number of methoxy groups -OCH3 is 1. The molecule has 1 aromatic heterocycles. The quantitative estimate of drug-likeness (QED) is 0.939. The van der Waals surface area contributed by atoms with Gasteiger partial charge in [-0.2, -0.15) is 0 Å². The first kappa shape index (κ1) is 13.4. The number of pyridine rings is 1. The Morgan fingerprint density at radius 1 is 1.19 bits per heavy atom. The van der Waals surface area contributed by atoms with Gasteiger partial charge in [-0.25, -0.2) is 4.98 Å². The van der Waals surface area contributed by atoms with Crippen molar-refractivity contribution < 1.29 is 23.0 Å². The van der Waals surface area contributed by atoms with Gasteiger partial charge in [0.25, 0.3) is 0 Å². The zero-order chi connectivity index (χ0) is 14.9. The normalized spacial score (nSPS) is 14.8. The molecule has 1 N–H and O–H groups in total. The lowest BCUT2D eigenvalue weighted by Crippen LogP contribution is -2.25. The number of ether oxygens (including phenoxy) is 3. The molecule has 2 heterocycles. The molecule has 3 rings (SSSR count). The van der Waals surface area contributed by atoms with E-state index < -0.39 is 6.29 Å². The molecule has 0 amide bonds. The molecule has 0 unspecified atom stereocenters. The lowest BCUT2D eigenvalue weighted by atomic mass is 10.2. The van der Waals surface area contributed by atoms with E-state index in [9.17, 15) is 8.78 Å². The number of nitrogens with zero attached hydrogens (tertiary/aromatic N) is 1. The summed E-state index contributed by atoms with van der Waals surface area (Å²) >= 11 is 0. The van der Waals surface area contributed by atoms with Crippen LogP contribution < -0.4 is 19.5 Å². The summed E-state index contributed by atoms with van der Waals surface area (Å²) in [4.78, 5) is 4.08. The molecular formula is C14H12F2N2O3. The Bertz CT molecular complexity index is 647.